The maximum absolute atomic E-state index is 13.7. The van der Waals surface area contributed by atoms with E-state index >= 15 is 0 Å². The van der Waals surface area contributed by atoms with Gasteiger partial charge in [-0.15, -0.1) is 0 Å². The van der Waals surface area contributed by atoms with Crippen LogP contribution < -0.4 is 5.73 Å². The van der Waals surface area contributed by atoms with Crippen molar-refractivity contribution < 1.29 is 22.4 Å². The van der Waals surface area contributed by atoms with Gasteiger partial charge >= 0.3 is 7.60 Å². The van der Waals surface area contributed by atoms with Crippen molar-refractivity contribution in [3.8, 4) is 0 Å². The maximum Gasteiger partial charge on any atom is 0.351 e. The Hall–Kier alpha value is -0.520. The summed E-state index contributed by atoms with van der Waals surface area (Å²) in [5.74, 6) is -3.53. The molecule has 0 spiro atoms. The van der Waals surface area contributed by atoms with Gasteiger partial charge in [0.05, 0.1) is 18.8 Å². The molecule has 0 saturated heterocycles. The molecule has 2 N–H and O–H groups in total. The fourth-order valence-electron chi connectivity index (χ4n) is 1.55. The van der Waals surface area contributed by atoms with E-state index in [4.69, 9.17) is 26.4 Å². The minimum absolute atomic E-state index is 0.0435. The largest absolute Gasteiger partial charge is 0.351 e. The van der Waals surface area contributed by atoms with Crippen molar-refractivity contribution in [3.63, 3.8) is 0 Å². The predicted octanol–water partition coefficient (Wildman–Crippen LogP) is 3.84. The van der Waals surface area contributed by atoms with Gasteiger partial charge in [0.25, 0.3) is 0 Å². The number of rotatable bonds is 6. The first-order valence-corrected chi connectivity index (χ1v) is 7.63. The molecule has 0 fully saturated rings. The zero-order valence-electron chi connectivity index (χ0n) is 10.5. The van der Waals surface area contributed by atoms with Crippen LogP contribution in [0.3, 0.4) is 0 Å². The molecular weight excluding hydrogens is 299 g/mol. The molecule has 0 amide bonds. The number of hydrogen-bond acceptors (Lipinski definition) is 4. The molecule has 0 unspecified atom stereocenters. The summed E-state index contributed by atoms with van der Waals surface area (Å²) < 4.78 is 49.8. The van der Waals surface area contributed by atoms with Gasteiger partial charge in [0.15, 0.2) is 0 Å². The standard InChI is InChI=1S/C11H15ClF2NO3P/c1-3-17-19(16,18-4-2)11(15)10-8(13)5-7(12)6-9(10)14/h5-6,11H,3-4,15H2,1-2H3/t11-/m0/s1. The molecule has 0 radical (unpaired) electrons. The summed E-state index contributed by atoms with van der Waals surface area (Å²) in [6.45, 7) is 3.24. The van der Waals surface area contributed by atoms with Gasteiger partial charge in [0, 0.05) is 5.02 Å². The third kappa shape index (κ3) is 3.74. The molecule has 0 saturated carbocycles. The molecular formula is C11H15ClF2NO3P. The van der Waals surface area contributed by atoms with Crippen molar-refractivity contribution in [1.82, 2.24) is 0 Å². The van der Waals surface area contributed by atoms with Crippen LogP contribution >= 0.6 is 19.2 Å². The highest BCUT2D eigenvalue weighted by atomic mass is 35.5. The lowest BCUT2D eigenvalue weighted by Crippen LogP contribution is -2.18. The van der Waals surface area contributed by atoms with E-state index in [9.17, 15) is 13.3 Å². The van der Waals surface area contributed by atoms with Crippen LogP contribution in [0.25, 0.3) is 0 Å². The van der Waals surface area contributed by atoms with Crippen LogP contribution in [-0.2, 0) is 13.6 Å². The van der Waals surface area contributed by atoms with Gasteiger partial charge in [-0.25, -0.2) is 8.78 Å². The van der Waals surface area contributed by atoms with Crippen LogP contribution in [0.4, 0.5) is 8.78 Å². The summed E-state index contributed by atoms with van der Waals surface area (Å²) in [5, 5.41) is -0.117. The van der Waals surface area contributed by atoms with Crippen LogP contribution in [0.1, 0.15) is 25.2 Å². The van der Waals surface area contributed by atoms with Crippen LogP contribution in [0, 0.1) is 11.6 Å². The zero-order valence-corrected chi connectivity index (χ0v) is 12.2. The van der Waals surface area contributed by atoms with E-state index in [-0.39, 0.29) is 18.2 Å². The van der Waals surface area contributed by atoms with Gasteiger partial charge in [0.1, 0.15) is 17.4 Å². The summed E-state index contributed by atoms with van der Waals surface area (Å²) >= 11 is 5.51. The maximum atomic E-state index is 13.7. The molecule has 1 aromatic carbocycles. The Bertz CT molecular complexity index is 468. The van der Waals surface area contributed by atoms with Gasteiger partial charge in [-0.05, 0) is 26.0 Å². The first kappa shape index (κ1) is 16.5. The molecule has 19 heavy (non-hydrogen) atoms. The molecule has 0 aliphatic rings. The summed E-state index contributed by atoms with van der Waals surface area (Å²) in [6.07, 6.45) is 0. The molecule has 0 aliphatic heterocycles. The van der Waals surface area contributed by atoms with Crippen molar-refractivity contribution in [1.29, 1.82) is 0 Å². The van der Waals surface area contributed by atoms with Crippen LogP contribution in [-0.4, -0.2) is 13.2 Å². The number of hydrogen-bond donors (Lipinski definition) is 1. The molecule has 0 heterocycles. The quantitative estimate of drug-likeness (QED) is 0.810. The van der Waals surface area contributed by atoms with Gasteiger partial charge in [0.2, 0.25) is 0 Å². The van der Waals surface area contributed by atoms with E-state index in [1.54, 1.807) is 13.8 Å². The molecule has 1 aromatic rings. The average molecular weight is 314 g/mol. The third-order valence-corrected chi connectivity index (χ3v) is 4.69. The van der Waals surface area contributed by atoms with Gasteiger partial charge in [-0.1, -0.05) is 11.6 Å². The molecule has 0 aromatic heterocycles. The normalized spacial score (nSPS) is 13.6. The van der Waals surface area contributed by atoms with Crippen molar-refractivity contribution in [2.75, 3.05) is 13.2 Å². The summed E-state index contributed by atoms with van der Waals surface area (Å²) in [4.78, 5) is 0. The summed E-state index contributed by atoms with van der Waals surface area (Å²) in [6, 6.07) is 1.78. The SMILES string of the molecule is CCOP(=O)(OCC)[C@H](N)c1c(F)cc(Cl)cc1F. The molecule has 0 aliphatic carbocycles. The van der Waals surface area contributed by atoms with Gasteiger partial charge in [-0.3, -0.25) is 4.57 Å². The second-order valence-corrected chi connectivity index (χ2v) is 6.19. The molecule has 108 valence electrons. The Morgan fingerprint density at radius 2 is 1.68 bits per heavy atom. The summed E-state index contributed by atoms with van der Waals surface area (Å²) in [7, 11) is -3.85. The first-order chi connectivity index (χ1) is 8.85. The average Bonchev–Trinajstić information content (AvgIpc) is 2.27. The smallest absolute Gasteiger partial charge is 0.314 e. The number of benzene rings is 1. The van der Waals surface area contributed by atoms with Crippen LogP contribution in [0.15, 0.2) is 12.1 Å². The minimum Gasteiger partial charge on any atom is -0.314 e. The van der Waals surface area contributed by atoms with E-state index in [2.05, 4.69) is 0 Å². The lowest BCUT2D eigenvalue weighted by molar-refractivity contribution is 0.211. The van der Waals surface area contributed by atoms with E-state index in [1.165, 1.54) is 0 Å². The highest BCUT2D eigenvalue weighted by Crippen LogP contribution is 2.58. The fraction of sp³-hybridized carbons (Fsp3) is 0.455. The highest BCUT2D eigenvalue weighted by molar-refractivity contribution is 7.54. The Morgan fingerprint density at radius 1 is 1.26 bits per heavy atom. The number of halogens is 3. The van der Waals surface area contributed by atoms with Crippen LogP contribution in [0.5, 0.6) is 0 Å². The van der Waals surface area contributed by atoms with E-state index < -0.39 is 30.6 Å². The minimum atomic E-state index is -3.85. The van der Waals surface area contributed by atoms with E-state index in [0.717, 1.165) is 12.1 Å². The Labute approximate surface area is 115 Å². The molecule has 8 heteroatoms. The van der Waals surface area contributed by atoms with Crippen molar-refractivity contribution in [2.24, 2.45) is 5.73 Å². The topological polar surface area (TPSA) is 61.5 Å². The monoisotopic (exact) mass is 313 g/mol. The van der Waals surface area contributed by atoms with Gasteiger partial charge in [-0.2, -0.15) is 0 Å². The first-order valence-electron chi connectivity index (χ1n) is 5.64. The third-order valence-electron chi connectivity index (χ3n) is 2.30. The highest BCUT2D eigenvalue weighted by Gasteiger charge is 2.37. The Kier molecular flexibility index (Phi) is 5.89. The van der Waals surface area contributed by atoms with Crippen molar-refractivity contribution >= 4 is 19.2 Å². The second-order valence-electron chi connectivity index (χ2n) is 3.60. The van der Waals surface area contributed by atoms with Crippen molar-refractivity contribution in [2.45, 2.75) is 19.6 Å². The predicted molar refractivity (Wildman–Crippen MR) is 69.2 cm³/mol. The molecule has 1 rings (SSSR count). The number of nitrogens with two attached hydrogens (primary N) is 1. The zero-order chi connectivity index (χ0) is 14.6. The Balaban J connectivity index is 3.24. The van der Waals surface area contributed by atoms with Gasteiger partial charge < -0.3 is 14.8 Å². The van der Waals surface area contributed by atoms with E-state index in [1.807, 2.05) is 0 Å². The molecule has 0 bridgehead atoms. The van der Waals surface area contributed by atoms with Crippen molar-refractivity contribution in [3.05, 3.63) is 34.4 Å². The van der Waals surface area contributed by atoms with E-state index in [0.29, 0.717) is 0 Å². The fourth-order valence-corrected chi connectivity index (χ4v) is 3.42. The summed E-state index contributed by atoms with van der Waals surface area (Å²) in [5.41, 5.74) is 5.10. The lowest BCUT2D eigenvalue weighted by atomic mass is 10.2. The molecule has 1 atom stereocenters. The van der Waals surface area contributed by atoms with Crippen LogP contribution in [0.2, 0.25) is 5.02 Å². The molecule has 4 nitrogen and oxygen atoms in total. The lowest BCUT2D eigenvalue weighted by Gasteiger charge is -2.24. The second kappa shape index (κ2) is 6.77. The Morgan fingerprint density at radius 3 is 2.05 bits per heavy atom.